The maximum absolute atomic E-state index is 6.90. The fraction of sp³-hybridized carbons (Fsp3) is 0.190. The quantitative estimate of drug-likeness (QED) is 0.158. The molecule has 3 nitrogen and oxygen atoms in total. The average Bonchev–Trinajstić information content (AvgIpc) is 3.05. The second kappa shape index (κ2) is 13.6. The van der Waals surface area contributed by atoms with E-state index in [0.29, 0.717) is 11.5 Å². The molecule has 0 bridgehead atoms. The minimum absolute atomic E-state index is 0. The van der Waals surface area contributed by atoms with Crippen molar-refractivity contribution in [3.63, 3.8) is 0 Å². The van der Waals surface area contributed by atoms with Gasteiger partial charge < -0.3 is 14.7 Å². The SMILES string of the molecule is CC(C)(C)c1ccnc(-c2[c-]c(Oc3[c-]c(-c4cc(C(C)(C)C)ccn4)ccc3-c3ccccc3)c(-c3ccccc3)cc2)c1.[Pt+2]. The van der Waals surface area contributed by atoms with Crippen LogP contribution in [0.25, 0.3) is 44.8 Å². The van der Waals surface area contributed by atoms with Crippen molar-refractivity contribution >= 4 is 0 Å². The van der Waals surface area contributed by atoms with Crippen molar-refractivity contribution in [1.82, 2.24) is 9.97 Å². The first-order valence-electron chi connectivity index (χ1n) is 15.4. The zero-order valence-electron chi connectivity index (χ0n) is 27.2. The third kappa shape index (κ3) is 7.38. The Bertz CT molecular complexity index is 1800. The summed E-state index contributed by atoms with van der Waals surface area (Å²) in [6.07, 6.45) is 3.75. The van der Waals surface area contributed by atoms with E-state index in [1.54, 1.807) is 0 Å². The summed E-state index contributed by atoms with van der Waals surface area (Å²) in [7, 11) is 0. The van der Waals surface area contributed by atoms with Crippen molar-refractivity contribution in [2.45, 2.75) is 52.4 Å². The van der Waals surface area contributed by atoms with Gasteiger partial charge in [-0.1, -0.05) is 149 Å². The number of ether oxygens (including phenoxy) is 1. The van der Waals surface area contributed by atoms with Crippen molar-refractivity contribution < 1.29 is 25.8 Å². The van der Waals surface area contributed by atoms with Crippen LogP contribution in [0.4, 0.5) is 0 Å². The summed E-state index contributed by atoms with van der Waals surface area (Å²) in [4.78, 5) is 9.44. The summed E-state index contributed by atoms with van der Waals surface area (Å²) in [6.45, 7) is 13.3. The van der Waals surface area contributed by atoms with Crippen molar-refractivity contribution in [3.8, 4) is 56.3 Å². The molecule has 6 rings (SSSR count). The second-order valence-corrected chi connectivity index (χ2v) is 13.4. The minimum Gasteiger partial charge on any atom is -0.495 e. The first-order valence-corrected chi connectivity index (χ1v) is 15.4. The largest absolute Gasteiger partial charge is 2.00 e. The van der Waals surface area contributed by atoms with E-state index in [-0.39, 0.29) is 31.9 Å². The number of nitrogens with zero attached hydrogens (tertiary/aromatic N) is 2. The molecule has 0 radical (unpaired) electrons. The third-order valence-corrected chi connectivity index (χ3v) is 8.00. The third-order valence-electron chi connectivity index (χ3n) is 8.00. The predicted octanol–water partition coefficient (Wildman–Crippen LogP) is 11.1. The van der Waals surface area contributed by atoms with Gasteiger partial charge in [-0.15, -0.1) is 35.4 Å². The van der Waals surface area contributed by atoms with Gasteiger partial charge in [0.2, 0.25) is 0 Å². The van der Waals surface area contributed by atoms with Gasteiger partial charge in [0.25, 0.3) is 0 Å². The van der Waals surface area contributed by atoms with Crippen LogP contribution in [0.15, 0.2) is 122 Å². The molecule has 6 aromatic rings. The van der Waals surface area contributed by atoms with Gasteiger partial charge in [-0.25, -0.2) is 0 Å². The fourth-order valence-electron chi connectivity index (χ4n) is 5.29. The first-order chi connectivity index (χ1) is 21.6. The van der Waals surface area contributed by atoms with Crippen LogP contribution in [-0.2, 0) is 31.9 Å². The number of benzene rings is 4. The van der Waals surface area contributed by atoms with Gasteiger partial charge >= 0.3 is 21.1 Å². The van der Waals surface area contributed by atoms with E-state index >= 15 is 0 Å². The molecule has 0 amide bonds. The van der Waals surface area contributed by atoms with Crippen LogP contribution >= 0.6 is 0 Å². The number of hydrogen-bond acceptors (Lipinski definition) is 3. The van der Waals surface area contributed by atoms with Crippen molar-refractivity contribution in [3.05, 3.63) is 145 Å². The molecule has 232 valence electrons. The summed E-state index contributed by atoms with van der Waals surface area (Å²) >= 11 is 0. The maximum Gasteiger partial charge on any atom is 2.00 e. The molecule has 0 aliphatic carbocycles. The maximum atomic E-state index is 6.90. The molecule has 0 saturated heterocycles. The van der Waals surface area contributed by atoms with Gasteiger partial charge in [0.1, 0.15) is 0 Å². The molecule has 0 atom stereocenters. The first kappa shape index (κ1) is 33.0. The molecule has 4 heteroatoms. The van der Waals surface area contributed by atoms with Crippen molar-refractivity contribution in [1.29, 1.82) is 0 Å². The normalized spacial score (nSPS) is 11.5. The van der Waals surface area contributed by atoms with Crippen LogP contribution in [0.1, 0.15) is 52.7 Å². The summed E-state index contributed by atoms with van der Waals surface area (Å²) in [5.41, 5.74) is 9.85. The molecule has 0 aliphatic rings. The number of hydrogen-bond donors (Lipinski definition) is 0. The van der Waals surface area contributed by atoms with Crippen LogP contribution in [0.3, 0.4) is 0 Å². The van der Waals surface area contributed by atoms with Gasteiger partial charge in [-0.2, -0.15) is 0 Å². The standard InChI is InChI=1S/C42H38N2O.Pt/c1-41(2,3)33-21-23-43-37(27-33)31-17-19-35(29-13-9-7-10-14-29)39(25-31)45-40-26-32(18-20-36(40)30-15-11-8-12-16-30)38-28-34(22-24-44-38)42(4,5)6;/h7-24,27-28H,1-6H3;/q-2;+2. The molecule has 0 saturated carbocycles. The molecule has 2 heterocycles. The monoisotopic (exact) mass is 781 g/mol. The molecule has 4 aromatic carbocycles. The van der Waals surface area contributed by atoms with Crippen LogP contribution in [0.2, 0.25) is 0 Å². The van der Waals surface area contributed by atoms with Crippen LogP contribution in [-0.4, -0.2) is 9.97 Å². The van der Waals surface area contributed by atoms with Gasteiger partial charge in [0.15, 0.2) is 0 Å². The Morgan fingerprint density at radius 3 is 1.26 bits per heavy atom. The summed E-state index contributed by atoms with van der Waals surface area (Å²) in [5.74, 6) is 1.23. The molecule has 0 fully saturated rings. The number of rotatable bonds is 6. The van der Waals surface area contributed by atoms with Crippen molar-refractivity contribution in [2.75, 3.05) is 0 Å². The molecule has 2 aromatic heterocycles. The van der Waals surface area contributed by atoms with E-state index in [4.69, 9.17) is 14.7 Å². The van der Waals surface area contributed by atoms with E-state index in [1.807, 2.05) is 48.8 Å². The van der Waals surface area contributed by atoms with Gasteiger partial charge in [0, 0.05) is 12.4 Å². The Labute approximate surface area is 288 Å². The molecule has 0 N–H and O–H groups in total. The Morgan fingerprint density at radius 2 is 0.891 bits per heavy atom. The Morgan fingerprint density at radius 1 is 0.500 bits per heavy atom. The molecular weight excluding hydrogens is 744 g/mol. The number of pyridine rings is 2. The van der Waals surface area contributed by atoms with Gasteiger partial charge in [-0.05, 0) is 45.5 Å². The molecular formula is C42H38N2OPt. The Hall–Kier alpha value is -4.33. The smallest absolute Gasteiger partial charge is 0.495 e. The van der Waals surface area contributed by atoms with Crippen LogP contribution < -0.4 is 4.74 Å². The number of aromatic nitrogens is 2. The molecule has 0 spiro atoms. The topological polar surface area (TPSA) is 35.0 Å². The molecule has 0 aliphatic heterocycles. The van der Waals surface area contributed by atoms with E-state index in [2.05, 4.69) is 126 Å². The van der Waals surface area contributed by atoms with E-state index < -0.39 is 0 Å². The summed E-state index contributed by atoms with van der Waals surface area (Å²) in [5, 5.41) is 0. The van der Waals surface area contributed by atoms with Gasteiger partial charge in [-0.3, -0.25) is 0 Å². The van der Waals surface area contributed by atoms with Crippen LogP contribution in [0.5, 0.6) is 11.5 Å². The molecule has 46 heavy (non-hydrogen) atoms. The van der Waals surface area contributed by atoms with Crippen molar-refractivity contribution in [2.24, 2.45) is 0 Å². The minimum atomic E-state index is -0.000682. The Balaban J connectivity index is 0.00000417. The van der Waals surface area contributed by atoms with Gasteiger partial charge in [0.05, 0.1) is 11.5 Å². The van der Waals surface area contributed by atoms with E-state index in [9.17, 15) is 0 Å². The van der Waals surface area contributed by atoms with E-state index in [1.165, 1.54) is 11.1 Å². The Kier molecular flexibility index (Phi) is 9.75. The zero-order chi connectivity index (χ0) is 31.6. The van der Waals surface area contributed by atoms with Crippen LogP contribution in [0, 0.1) is 12.1 Å². The fourth-order valence-corrected chi connectivity index (χ4v) is 5.29. The average molecular weight is 782 g/mol. The summed E-state index contributed by atoms with van der Waals surface area (Å²) < 4.78 is 6.90. The molecule has 0 unspecified atom stereocenters. The zero-order valence-corrected chi connectivity index (χ0v) is 29.4. The predicted molar refractivity (Wildman–Crippen MR) is 185 cm³/mol. The van der Waals surface area contributed by atoms with E-state index in [0.717, 1.165) is 44.8 Å². The second-order valence-electron chi connectivity index (χ2n) is 13.4. The summed E-state index contributed by atoms with van der Waals surface area (Å²) in [6, 6.07) is 44.6.